The Morgan fingerprint density at radius 2 is 2.64 bits per heavy atom. The molecule has 0 amide bonds. The van der Waals surface area contributed by atoms with Gasteiger partial charge in [-0.3, -0.25) is 4.99 Å². The number of ether oxygens (including phenoxy) is 1. The maximum Gasteiger partial charge on any atom is 0.192 e. The Morgan fingerprint density at radius 3 is 3.14 bits per heavy atom. The van der Waals surface area contributed by atoms with Crippen molar-refractivity contribution in [3.8, 4) is 0 Å². The molecule has 5 heteroatoms. The van der Waals surface area contributed by atoms with Gasteiger partial charge < -0.3 is 20.5 Å². The summed E-state index contributed by atoms with van der Waals surface area (Å²) in [4.78, 5) is 4.30. The van der Waals surface area contributed by atoms with Crippen LogP contribution >= 0.6 is 0 Å². The average Bonchev–Trinajstić information content (AvgIpc) is 2.77. The summed E-state index contributed by atoms with van der Waals surface area (Å²) >= 11 is 0. The molecule has 0 bridgehead atoms. The molecule has 2 aliphatic heterocycles. The molecule has 2 atom stereocenters. The van der Waals surface area contributed by atoms with Gasteiger partial charge in [0.25, 0.3) is 0 Å². The second-order valence-corrected chi connectivity index (χ2v) is 4.10. The third-order valence-electron chi connectivity index (χ3n) is 2.70. The zero-order valence-electron chi connectivity index (χ0n) is 8.42. The molecule has 2 unspecified atom stereocenters. The molecular weight excluding hydrogens is 182 g/mol. The van der Waals surface area contributed by atoms with Gasteiger partial charge in [0.2, 0.25) is 0 Å². The topological polar surface area (TPSA) is 65.9 Å². The number of nitrogens with zero attached hydrogens (tertiary/aromatic N) is 1. The van der Waals surface area contributed by atoms with E-state index in [1.54, 1.807) is 0 Å². The van der Waals surface area contributed by atoms with Crippen molar-refractivity contribution in [1.29, 1.82) is 0 Å². The van der Waals surface area contributed by atoms with Gasteiger partial charge in [0.1, 0.15) is 0 Å². The van der Waals surface area contributed by atoms with Crippen LogP contribution in [0.3, 0.4) is 0 Å². The van der Waals surface area contributed by atoms with Gasteiger partial charge in [0.15, 0.2) is 5.96 Å². The summed E-state index contributed by atoms with van der Waals surface area (Å²) in [6.45, 7) is 4.22. The van der Waals surface area contributed by atoms with E-state index < -0.39 is 0 Å². The molecular formula is C9H17N3O2. The Balaban J connectivity index is 1.95. The molecule has 1 fully saturated rings. The van der Waals surface area contributed by atoms with Gasteiger partial charge in [-0.1, -0.05) is 0 Å². The van der Waals surface area contributed by atoms with Gasteiger partial charge in [-0.05, 0) is 13.3 Å². The Hall–Kier alpha value is -0.810. The van der Waals surface area contributed by atoms with E-state index in [1.165, 1.54) is 0 Å². The number of guanidine groups is 1. The standard InChI is InChI=1S/C9H17N3O2/c1-7-4-10-8(11-7)12-9(5-13)2-3-14-6-9/h7,13H,2-6H2,1H3,(H2,10,11,12). The molecule has 0 saturated carbocycles. The second-order valence-electron chi connectivity index (χ2n) is 4.10. The molecule has 0 aromatic carbocycles. The molecule has 1 saturated heterocycles. The number of aliphatic hydroxyl groups is 1. The van der Waals surface area contributed by atoms with E-state index in [1.807, 2.05) is 0 Å². The summed E-state index contributed by atoms with van der Waals surface area (Å²) in [5.41, 5.74) is -0.324. The monoisotopic (exact) mass is 199 g/mol. The van der Waals surface area contributed by atoms with E-state index in [4.69, 9.17) is 4.74 Å². The zero-order valence-corrected chi connectivity index (χ0v) is 8.42. The van der Waals surface area contributed by atoms with E-state index in [0.717, 1.165) is 18.9 Å². The normalized spacial score (nSPS) is 36.7. The third-order valence-corrected chi connectivity index (χ3v) is 2.70. The number of hydrogen-bond donors (Lipinski definition) is 3. The van der Waals surface area contributed by atoms with Crippen LogP contribution in [0.25, 0.3) is 0 Å². The summed E-state index contributed by atoms with van der Waals surface area (Å²) in [6.07, 6.45) is 0.832. The van der Waals surface area contributed by atoms with Crippen molar-refractivity contribution in [3.63, 3.8) is 0 Å². The molecule has 0 aliphatic carbocycles. The van der Waals surface area contributed by atoms with E-state index in [9.17, 15) is 5.11 Å². The van der Waals surface area contributed by atoms with Crippen LogP contribution in [-0.4, -0.2) is 49.0 Å². The lowest BCUT2D eigenvalue weighted by molar-refractivity contribution is 0.132. The van der Waals surface area contributed by atoms with Gasteiger partial charge in [-0.25, -0.2) is 0 Å². The minimum atomic E-state index is -0.324. The maximum atomic E-state index is 9.32. The Kier molecular flexibility index (Phi) is 2.60. The van der Waals surface area contributed by atoms with Crippen LogP contribution in [0.5, 0.6) is 0 Å². The van der Waals surface area contributed by atoms with Crippen LogP contribution in [0.1, 0.15) is 13.3 Å². The first-order valence-electron chi connectivity index (χ1n) is 5.02. The summed E-state index contributed by atoms with van der Waals surface area (Å²) in [7, 11) is 0. The number of nitrogens with one attached hydrogen (secondary N) is 2. The summed E-state index contributed by atoms with van der Waals surface area (Å²) in [6, 6.07) is 0.385. The largest absolute Gasteiger partial charge is 0.394 e. The maximum absolute atomic E-state index is 9.32. The van der Waals surface area contributed by atoms with Crippen molar-refractivity contribution < 1.29 is 9.84 Å². The minimum Gasteiger partial charge on any atom is -0.394 e. The third kappa shape index (κ3) is 1.83. The fourth-order valence-corrected chi connectivity index (χ4v) is 1.75. The Bertz CT molecular complexity index is 236. The summed E-state index contributed by atoms with van der Waals surface area (Å²) in [5.74, 6) is 0.789. The molecule has 0 radical (unpaired) electrons. The van der Waals surface area contributed by atoms with Gasteiger partial charge in [-0.2, -0.15) is 0 Å². The highest BCUT2D eigenvalue weighted by molar-refractivity contribution is 5.82. The number of hydrogen-bond acceptors (Lipinski definition) is 5. The van der Waals surface area contributed by atoms with Crippen LogP contribution in [0.4, 0.5) is 0 Å². The average molecular weight is 199 g/mol. The van der Waals surface area contributed by atoms with Crippen LogP contribution in [0.2, 0.25) is 0 Å². The van der Waals surface area contributed by atoms with E-state index in [2.05, 4.69) is 22.5 Å². The first-order chi connectivity index (χ1) is 6.74. The molecule has 0 spiro atoms. The van der Waals surface area contributed by atoms with Crippen molar-refractivity contribution in [2.75, 3.05) is 26.4 Å². The number of aliphatic hydroxyl groups excluding tert-OH is 1. The predicted octanol–water partition coefficient (Wildman–Crippen LogP) is -0.925. The highest BCUT2D eigenvalue weighted by Gasteiger charge is 2.35. The Labute approximate surface area is 83.5 Å². The van der Waals surface area contributed by atoms with Crippen LogP contribution < -0.4 is 10.6 Å². The lowest BCUT2D eigenvalue weighted by Crippen LogP contribution is -2.55. The highest BCUT2D eigenvalue weighted by Crippen LogP contribution is 2.17. The molecule has 80 valence electrons. The van der Waals surface area contributed by atoms with Crippen LogP contribution in [0.15, 0.2) is 4.99 Å². The molecule has 14 heavy (non-hydrogen) atoms. The molecule has 5 nitrogen and oxygen atoms in total. The van der Waals surface area contributed by atoms with Crippen molar-refractivity contribution in [2.45, 2.75) is 24.9 Å². The van der Waals surface area contributed by atoms with Gasteiger partial charge in [0, 0.05) is 12.6 Å². The van der Waals surface area contributed by atoms with Gasteiger partial charge in [0.05, 0.1) is 25.3 Å². The van der Waals surface area contributed by atoms with Crippen LogP contribution in [0, 0.1) is 0 Å². The molecule has 2 rings (SSSR count). The predicted molar refractivity (Wildman–Crippen MR) is 53.3 cm³/mol. The summed E-state index contributed by atoms with van der Waals surface area (Å²) < 4.78 is 5.28. The zero-order chi connectivity index (χ0) is 10.0. The van der Waals surface area contributed by atoms with Crippen LogP contribution in [-0.2, 0) is 4.74 Å². The first-order valence-corrected chi connectivity index (χ1v) is 5.02. The van der Waals surface area contributed by atoms with Gasteiger partial charge in [-0.15, -0.1) is 0 Å². The first kappa shape index (κ1) is 9.73. The van der Waals surface area contributed by atoms with E-state index >= 15 is 0 Å². The lowest BCUT2D eigenvalue weighted by Gasteiger charge is -2.27. The smallest absolute Gasteiger partial charge is 0.192 e. The van der Waals surface area contributed by atoms with Crippen molar-refractivity contribution in [1.82, 2.24) is 10.6 Å². The number of aliphatic imine (C=N–C) groups is 1. The molecule has 3 N–H and O–H groups in total. The highest BCUT2D eigenvalue weighted by atomic mass is 16.5. The van der Waals surface area contributed by atoms with E-state index in [-0.39, 0.29) is 12.1 Å². The van der Waals surface area contributed by atoms with Crippen molar-refractivity contribution in [2.24, 2.45) is 4.99 Å². The van der Waals surface area contributed by atoms with Crippen molar-refractivity contribution in [3.05, 3.63) is 0 Å². The molecule has 0 aromatic heterocycles. The molecule has 2 aliphatic rings. The SMILES string of the molecule is CC1CN=C(NC2(CO)CCOC2)N1. The van der Waals surface area contributed by atoms with Crippen molar-refractivity contribution >= 4 is 5.96 Å². The fraction of sp³-hybridized carbons (Fsp3) is 0.889. The fourth-order valence-electron chi connectivity index (χ4n) is 1.75. The quantitative estimate of drug-likeness (QED) is 0.538. The molecule has 0 aromatic rings. The van der Waals surface area contributed by atoms with Gasteiger partial charge >= 0.3 is 0 Å². The van der Waals surface area contributed by atoms with E-state index in [0.29, 0.717) is 19.3 Å². The lowest BCUT2D eigenvalue weighted by atomic mass is 10.0. The number of rotatable bonds is 2. The summed E-state index contributed by atoms with van der Waals surface area (Å²) in [5, 5.41) is 15.8. The Morgan fingerprint density at radius 1 is 1.79 bits per heavy atom. The molecule has 2 heterocycles. The minimum absolute atomic E-state index is 0.0854. The second kappa shape index (κ2) is 3.74.